The highest BCUT2D eigenvalue weighted by Gasteiger charge is 2.47. The van der Waals surface area contributed by atoms with Gasteiger partial charge in [0, 0.05) is 12.5 Å². The number of ether oxygens (including phenoxy) is 4. The Hall–Kier alpha value is -1.62. The molecule has 0 spiro atoms. The summed E-state index contributed by atoms with van der Waals surface area (Å²) in [6.45, 7) is 11.8. The Morgan fingerprint density at radius 3 is 2.47 bits per heavy atom. The molecule has 0 radical (unpaired) electrons. The van der Waals surface area contributed by atoms with Crippen LogP contribution in [0.5, 0.6) is 0 Å². The van der Waals surface area contributed by atoms with Crippen LogP contribution >= 0.6 is 0 Å². The Labute approximate surface area is 207 Å². The fourth-order valence-electron chi connectivity index (χ4n) is 6.22. The zero-order chi connectivity index (χ0) is 24.6. The molecule has 0 amide bonds. The minimum absolute atomic E-state index is 0.0206. The zero-order valence-electron chi connectivity index (χ0n) is 22.3. The minimum atomic E-state index is -0.0206. The lowest BCUT2D eigenvalue weighted by Gasteiger charge is -2.36. The van der Waals surface area contributed by atoms with Gasteiger partial charge in [-0.3, -0.25) is 0 Å². The Kier molecular flexibility index (Phi) is 10.2. The van der Waals surface area contributed by atoms with Crippen LogP contribution in [0.1, 0.15) is 65.4 Å². The maximum atomic E-state index is 6.17. The lowest BCUT2D eigenvalue weighted by Crippen LogP contribution is -2.31. The molecule has 0 bridgehead atoms. The average Bonchev–Trinajstić information content (AvgIpc) is 3.36. The summed E-state index contributed by atoms with van der Waals surface area (Å²) < 4.78 is 23.1. The van der Waals surface area contributed by atoms with E-state index in [-0.39, 0.29) is 5.41 Å². The van der Waals surface area contributed by atoms with Gasteiger partial charge < -0.3 is 18.9 Å². The number of rotatable bonds is 13. The molecule has 4 nitrogen and oxygen atoms in total. The van der Waals surface area contributed by atoms with Gasteiger partial charge in [-0.2, -0.15) is 0 Å². The number of methoxy groups -OCH3 is 2. The summed E-state index contributed by atoms with van der Waals surface area (Å²) in [5, 5.41) is 0. The third-order valence-corrected chi connectivity index (χ3v) is 8.11. The highest BCUT2D eigenvalue weighted by atomic mass is 16.7. The van der Waals surface area contributed by atoms with Crippen molar-refractivity contribution >= 4 is 0 Å². The topological polar surface area (TPSA) is 36.9 Å². The van der Waals surface area contributed by atoms with Gasteiger partial charge in [0.2, 0.25) is 0 Å². The van der Waals surface area contributed by atoms with Crippen LogP contribution in [-0.2, 0) is 25.6 Å². The van der Waals surface area contributed by atoms with Gasteiger partial charge in [0.05, 0.1) is 33.2 Å². The normalized spacial score (nSPS) is 27.2. The lowest BCUT2D eigenvalue weighted by atomic mass is 9.71. The first-order chi connectivity index (χ1) is 16.4. The van der Waals surface area contributed by atoms with E-state index in [0.29, 0.717) is 43.7 Å². The minimum Gasteiger partial charge on any atom is -0.504 e. The van der Waals surface area contributed by atoms with Crippen molar-refractivity contribution in [3.05, 3.63) is 58.9 Å². The van der Waals surface area contributed by atoms with Crippen molar-refractivity contribution in [3.63, 3.8) is 0 Å². The van der Waals surface area contributed by atoms with Crippen molar-refractivity contribution in [3.8, 4) is 0 Å². The highest BCUT2D eigenvalue weighted by Crippen LogP contribution is 2.55. The van der Waals surface area contributed by atoms with Gasteiger partial charge in [-0.1, -0.05) is 62.2 Å². The fraction of sp³-hybridized carbons (Fsp3) is 0.667. The summed E-state index contributed by atoms with van der Waals surface area (Å²) in [6, 6.07) is 10.5. The molecule has 0 unspecified atom stereocenters. The lowest BCUT2D eigenvalue weighted by molar-refractivity contribution is -0.0577. The van der Waals surface area contributed by atoms with E-state index in [1.807, 2.05) is 6.26 Å². The Morgan fingerprint density at radius 2 is 1.79 bits per heavy atom. The van der Waals surface area contributed by atoms with E-state index in [1.54, 1.807) is 25.4 Å². The molecule has 1 saturated carbocycles. The summed E-state index contributed by atoms with van der Waals surface area (Å²) in [7, 11) is 3.47. The molecular formula is C30H46O4. The van der Waals surface area contributed by atoms with Gasteiger partial charge in [0.25, 0.3) is 0 Å². The second-order valence-electron chi connectivity index (χ2n) is 10.8. The van der Waals surface area contributed by atoms with Gasteiger partial charge >= 0.3 is 0 Å². The summed E-state index contributed by atoms with van der Waals surface area (Å²) in [5.74, 6) is 2.19. The Balaban J connectivity index is 1.75. The van der Waals surface area contributed by atoms with E-state index >= 15 is 0 Å². The van der Waals surface area contributed by atoms with Crippen LogP contribution in [0.15, 0.2) is 53.3 Å². The van der Waals surface area contributed by atoms with Crippen LogP contribution in [0.4, 0.5) is 0 Å². The highest BCUT2D eigenvalue weighted by molar-refractivity contribution is 5.31. The molecular weight excluding hydrogens is 424 g/mol. The summed E-state index contributed by atoms with van der Waals surface area (Å²) in [4.78, 5) is 0. The first-order valence-corrected chi connectivity index (χ1v) is 13.0. The van der Waals surface area contributed by atoms with Crippen molar-refractivity contribution in [2.24, 2.45) is 29.1 Å². The van der Waals surface area contributed by atoms with E-state index in [1.165, 1.54) is 30.4 Å². The SMILES string of the molecule is CO/C=C1\[C@H](C(C)C)CC[C@@]1(COCOC)CC1=C(C)CC[C@H]1[C@@H](C)COCc1ccccc1. The molecule has 1 fully saturated rings. The molecule has 0 saturated heterocycles. The maximum Gasteiger partial charge on any atom is 0.146 e. The number of allylic oxidation sites excluding steroid dienone is 2. The van der Waals surface area contributed by atoms with Crippen LogP contribution in [0.25, 0.3) is 0 Å². The van der Waals surface area contributed by atoms with Crippen LogP contribution in [0.2, 0.25) is 0 Å². The van der Waals surface area contributed by atoms with Crippen LogP contribution in [-0.4, -0.2) is 34.2 Å². The third kappa shape index (κ3) is 6.53. The van der Waals surface area contributed by atoms with E-state index in [0.717, 1.165) is 19.4 Å². The molecule has 34 heavy (non-hydrogen) atoms. The first-order valence-electron chi connectivity index (χ1n) is 13.0. The molecule has 0 N–H and O–H groups in total. The molecule has 0 aliphatic heterocycles. The maximum absolute atomic E-state index is 6.17. The van der Waals surface area contributed by atoms with Crippen molar-refractivity contribution in [1.82, 2.24) is 0 Å². The molecule has 3 rings (SSSR count). The average molecular weight is 471 g/mol. The van der Waals surface area contributed by atoms with E-state index in [9.17, 15) is 0 Å². The third-order valence-electron chi connectivity index (χ3n) is 8.11. The first kappa shape index (κ1) is 27.0. The summed E-state index contributed by atoms with van der Waals surface area (Å²) in [5.41, 5.74) is 5.84. The summed E-state index contributed by atoms with van der Waals surface area (Å²) in [6.07, 6.45) is 7.82. The molecule has 190 valence electrons. The fourth-order valence-corrected chi connectivity index (χ4v) is 6.22. The van der Waals surface area contributed by atoms with Crippen LogP contribution in [0.3, 0.4) is 0 Å². The van der Waals surface area contributed by atoms with Crippen molar-refractivity contribution < 1.29 is 18.9 Å². The molecule has 1 aromatic rings. The zero-order valence-corrected chi connectivity index (χ0v) is 22.3. The number of benzene rings is 1. The van der Waals surface area contributed by atoms with Gasteiger partial charge in [0.1, 0.15) is 6.79 Å². The van der Waals surface area contributed by atoms with Crippen molar-refractivity contribution in [2.75, 3.05) is 34.2 Å². The number of hydrogen-bond donors (Lipinski definition) is 0. The monoisotopic (exact) mass is 470 g/mol. The predicted octanol–water partition coefficient (Wildman–Crippen LogP) is 7.16. The standard InChI is InChI=1S/C30H46O4/c1-22(2)26-14-15-30(20-34-21-32-6,29(26)19-31-5)16-28-23(3)12-13-27(28)24(4)17-33-18-25-10-8-7-9-11-25/h7-11,19,22,24,26-27H,12-18,20-21H2,1-6H3/b29-19+/t24-,26-,27-,30-/m0/s1. The molecule has 4 atom stereocenters. The van der Waals surface area contributed by atoms with Crippen molar-refractivity contribution in [2.45, 2.75) is 66.4 Å². The molecule has 2 aliphatic carbocycles. The Bertz CT molecular complexity index is 812. The van der Waals surface area contributed by atoms with Crippen molar-refractivity contribution in [1.29, 1.82) is 0 Å². The second-order valence-corrected chi connectivity index (χ2v) is 10.8. The predicted molar refractivity (Wildman–Crippen MR) is 138 cm³/mol. The van der Waals surface area contributed by atoms with Crippen LogP contribution in [0, 0.1) is 29.1 Å². The molecule has 1 aromatic carbocycles. The van der Waals surface area contributed by atoms with E-state index < -0.39 is 0 Å². The smallest absolute Gasteiger partial charge is 0.146 e. The van der Waals surface area contributed by atoms with Gasteiger partial charge in [-0.05, 0) is 73.8 Å². The molecule has 2 aliphatic rings. The molecule has 4 heteroatoms. The van der Waals surface area contributed by atoms with E-state index in [4.69, 9.17) is 18.9 Å². The largest absolute Gasteiger partial charge is 0.504 e. The molecule has 0 heterocycles. The van der Waals surface area contributed by atoms with Gasteiger partial charge in [-0.25, -0.2) is 0 Å². The molecule has 0 aromatic heterocycles. The van der Waals surface area contributed by atoms with Gasteiger partial charge in [0.15, 0.2) is 0 Å². The quantitative estimate of drug-likeness (QED) is 0.133. The Morgan fingerprint density at radius 1 is 1.03 bits per heavy atom. The second kappa shape index (κ2) is 12.9. The van der Waals surface area contributed by atoms with E-state index in [2.05, 4.69) is 58.0 Å². The number of hydrogen-bond acceptors (Lipinski definition) is 4. The van der Waals surface area contributed by atoms with Gasteiger partial charge in [-0.15, -0.1) is 0 Å². The summed E-state index contributed by atoms with van der Waals surface area (Å²) >= 11 is 0. The van der Waals surface area contributed by atoms with Crippen LogP contribution < -0.4 is 0 Å².